The van der Waals surface area contributed by atoms with Gasteiger partial charge in [0.05, 0.1) is 6.26 Å². The third-order valence-electron chi connectivity index (χ3n) is 2.78. The van der Waals surface area contributed by atoms with Crippen LogP contribution in [0, 0.1) is 0 Å². The van der Waals surface area contributed by atoms with Crippen molar-refractivity contribution < 1.29 is 13.2 Å². The Morgan fingerprint density at radius 2 is 1.55 bits per heavy atom. The molecule has 0 aliphatic carbocycles. The standard InChI is InChI=1S/C15H17NO3S/c1-20(17,18)16-11-13-7-5-6-8-14(13)12-19-15-9-3-2-4-10-15/h2-10,16H,11-12H2,1H3. The minimum Gasteiger partial charge on any atom is -0.489 e. The van der Waals surface area contributed by atoms with Gasteiger partial charge in [0.1, 0.15) is 12.4 Å². The Bertz CT molecular complexity index is 654. The molecule has 0 fully saturated rings. The molecule has 0 saturated heterocycles. The zero-order valence-corrected chi connectivity index (χ0v) is 12.1. The van der Waals surface area contributed by atoms with Crippen molar-refractivity contribution in [2.24, 2.45) is 0 Å². The molecule has 0 heterocycles. The van der Waals surface area contributed by atoms with E-state index >= 15 is 0 Å². The van der Waals surface area contributed by atoms with Crippen molar-refractivity contribution in [1.29, 1.82) is 0 Å². The lowest BCUT2D eigenvalue weighted by atomic mass is 10.1. The lowest BCUT2D eigenvalue weighted by Gasteiger charge is -2.11. The summed E-state index contributed by atoms with van der Waals surface area (Å²) in [6.45, 7) is 0.679. The van der Waals surface area contributed by atoms with Crippen LogP contribution >= 0.6 is 0 Å². The van der Waals surface area contributed by atoms with Crippen LogP contribution in [-0.2, 0) is 23.2 Å². The molecule has 2 aromatic carbocycles. The summed E-state index contributed by atoms with van der Waals surface area (Å²) in [5.41, 5.74) is 1.88. The number of benzene rings is 2. The second-order valence-electron chi connectivity index (χ2n) is 4.46. The highest BCUT2D eigenvalue weighted by Gasteiger charge is 2.06. The number of ether oxygens (including phenoxy) is 1. The van der Waals surface area contributed by atoms with Gasteiger partial charge in [0.2, 0.25) is 10.0 Å². The SMILES string of the molecule is CS(=O)(=O)NCc1ccccc1COc1ccccc1. The quantitative estimate of drug-likeness (QED) is 0.888. The van der Waals surface area contributed by atoms with Crippen LogP contribution in [-0.4, -0.2) is 14.7 Å². The van der Waals surface area contributed by atoms with E-state index in [-0.39, 0.29) is 6.54 Å². The van der Waals surface area contributed by atoms with Crippen molar-refractivity contribution in [3.05, 3.63) is 65.7 Å². The van der Waals surface area contributed by atoms with Crippen molar-refractivity contribution in [1.82, 2.24) is 4.72 Å². The maximum Gasteiger partial charge on any atom is 0.209 e. The predicted molar refractivity (Wildman–Crippen MR) is 78.9 cm³/mol. The summed E-state index contributed by atoms with van der Waals surface area (Å²) < 4.78 is 30.5. The van der Waals surface area contributed by atoms with Gasteiger partial charge in [-0.3, -0.25) is 0 Å². The fraction of sp³-hybridized carbons (Fsp3) is 0.200. The number of para-hydroxylation sites is 1. The summed E-state index contributed by atoms with van der Waals surface area (Å²) in [6, 6.07) is 17.1. The zero-order valence-electron chi connectivity index (χ0n) is 11.2. The molecule has 0 aromatic heterocycles. The zero-order chi connectivity index (χ0) is 14.4. The van der Waals surface area contributed by atoms with E-state index in [4.69, 9.17) is 4.74 Å². The number of rotatable bonds is 6. The van der Waals surface area contributed by atoms with Crippen molar-refractivity contribution >= 4 is 10.0 Å². The summed E-state index contributed by atoms with van der Waals surface area (Å²) in [4.78, 5) is 0. The molecule has 20 heavy (non-hydrogen) atoms. The van der Waals surface area contributed by atoms with E-state index < -0.39 is 10.0 Å². The van der Waals surface area contributed by atoms with E-state index in [9.17, 15) is 8.42 Å². The molecule has 2 rings (SSSR count). The summed E-state index contributed by atoms with van der Waals surface area (Å²) in [7, 11) is -3.20. The molecule has 1 N–H and O–H groups in total. The van der Waals surface area contributed by atoms with E-state index in [0.29, 0.717) is 6.61 Å². The Morgan fingerprint density at radius 1 is 0.950 bits per heavy atom. The molecule has 0 radical (unpaired) electrons. The average Bonchev–Trinajstić information content (AvgIpc) is 2.44. The summed E-state index contributed by atoms with van der Waals surface area (Å²) in [6.07, 6.45) is 1.15. The minimum absolute atomic E-state index is 0.271. The number of hydrogen-bond donors (Lipinski definition) is 1. The van der Waals surface area contributed by atoms with Gasteiger partial charge in [-0.25, -0.2) is 13.1 Å². The fourth-order valence-corrected chi connectivity index (χ4v) is 2.18. The van der Waals surface area contributed by atoms with Gasteiger partial charge >= 0.3 is 0 Å². The van der Waals surface area contributed by atoms with Crippen LogP contribution in [0.5, 0.6) is 5.75 Å². The van der Waals surface area contributed by atoms with Gasteiger partial charge in [-0.05, 0) is 23.3 Å². The average molecular weight is 291 g/mol. The molecule has 0 bridgehead atoms. The van der Waals surface area contributed by atoms with Crippen LogP contribution in [0.15, 0.2) is 54.6 Å². The molecule has 0 saturated carbocycles. The smallest absolute Gasteiger partial charge is 0.209 e. The first-order chi connectivity index (χ1) is 9.54. The van der Waals surface area contributed by atoms with Gasteiger partial charge in [0.25, 0.3) is 0 Å². The lowest BCUT2D eigenvalue weighted by molar-refractivity contribution is 0.305. The molecule has 0 atom stereocenters. The van der Waals surface area contributed by atoms with Crippen molar-refractivity contribution in [2.75, 3.05) is 6.26 Å². The lowest BCUT2D eigenvalue weighted by Crippen LogP contribution is -2.22. The molecule has 0 aliphatic rings. The van der Waals surface area contributed by atoms with Gasteiger partial charge in [0.15, 0.2) is 0 Å². The molecule has 0 unspecified atom stereocenters. The summed E-state index contributed by atoms with van der Waals surface area (Å²) in [5.74, 6) is 0.790. The van der Waals surface area contributed by atoms with Gasteiger partial charge in [-0.15, -0.1) is 0 Å². The number of hydrogen-bond acceptors (Lipinski definition) is 3. The minimum atomic E-state index is -3.20. The second-order valence-corrected chi connectivity index (χ2v) is 6.30. The molecule has 0 amide bonds. The van der Waals surface area contributed by atoms with Crippen LogP contribution in [0.3, 0.4) is 0 Å². The third kappa shape index (κ3) is 4.68. The highest BCUT2D eigenvalue weighted by atomic mass is 32.2. The van der Waals surface area contributed by atoms with E-state index in [0.717, 1.165) is 23.1 Å². The van der Waals surface area contributed by atoms with Gasteiger partial charge in [-0.2, -0.15) is 0 Å². The van der Waals surface area contributed by atoms with Crippen molar-refractivity contribution in [3.63, 3.8) is 0 Å². The highest BCUT2D eigenvalue weighted by Crippen LogP contribution is 2.14. The Hall–Kier alpha value is -1.85. The van der Waals surface area contributed by atoms with Crippen molar-refractivity contribution in [3.8, 4) is 5.75 Å². The summed E-state index contributed by atoms with van der Waals surface area (Å²) in [5, 5.41) is 0. The van der Waals surface area contributed by atoms with Gasteiger partial charge in [-0.1, -0.05) is 42.5 Å². The molecule has 2 aromatic rings. The maximum absolute atomic E-state index is 11.2. The van der Waals surface area contributed by atoms with Crippen LogP contribution in [0.2, 0.25) is 0 Å². The van der Waals surface area contributed by atoms with E-state index in [1.807, 2.05) is 54.6 Å². The number of sulfonamides is 1. The topological polar surface area (TPSA) is 55.4 Å². The van der Waals surface area contributed by atoms with Gasteiger partial charge < -0.3 is 4.74 Å². The first-order valence-electron chi connectivity index (χ1n) is 6.24. The van der Waals surface area contributed by atoms with Crippen LogP contribution in [0.1, 0.15) is 11.1 Å². The Morgan fingerprint density at radius 3 is 2.20 bits per heavy atom. The van der Waals surface area contributed by atoms with E-state index in [1.165, 1.54) is 0 Å². The molecule has 4 nitrogen and oxygen atoms in total. The van der Waals surface area contributed by atoms with E-state index in [1.54, 1.807) is 0 Å². The summed E-state index contributed by atoms with van der Waals surface area (Å²) >= 11 is 0. The third-order valence-corrected chi connectivity index (χ3v) is 3.45. The molecular weight excluding hydrogens is 274 g/mol. The van der Waals surface area contributed by atoms with Crippen LogP contribution in [0.4, 0.5) is 0 Å². The van der Waals surface area contributed by atoms with Crippen LogP contribution in [0.25, 0.3) is 0 Å². The molecule has 0 spiro atoms. The first kappa shape index (κ1) is 14.6. The van der Waals surface area contributed by atoms with E-state index in [2.05, 4.69) is 4.72 Å². The Balaban J connectivity index is 2.04. The maximum atomic E-state index is 11.2. The monoisotopic (exact) mass is 291 g/mol. The molecule has 5 heteroatoms. The Labute approximate surface area is 119 Å². The largest absolute Gasteiger partial charge is 0.489 e. The number of nitrogens with one attached hydrogen (secondary N) is 1. The van der Waals surface area contributed by atoms with Crippen molar-refractivity contribution in [2.45, 2.75) is 13.2 Å². The fourth-order valence-electron chi connectivity index (χ4n) is 1.76. The molecule has 106 valence electrons. The predicted octanol–water partition coefficient (Wildman–Crippen LogP) is 2.31. The molecule has 0 aliphatic heterocycles. The first-order valence-corrected chi connectivity index (χ1v) is 8.13. The highest BCUT2D eigenvalue weighted by molar-refractivity contribution is 7.88. The van der Waals surface area contributed by atoms with Gasteiger partial charge in [0, 0.05) is 6.54 Å². The Kier molecular flexibility index (Phi) is 4.76. The second kappa shape index (κ2) is 6.54. The molecular formula is C15H17NO3S. The normalized spacial score (nSPS) is 11.2. The van der Waals surface area contributed by atoms with Crippen LogP contribution < -0.4 is 9.46 Å².